The molecule has 0 radical (unpaired) electrons. The molecule has 0 aliphatic heterocycles. The summed E-state index contributed by atoms with van der Waals surface area (Å²) >= 11 is 0.908. The number of carboxylic acid groups (broad SMARTS) is 1. The SMILES string of the molecule is O=C(CSc1nnc(-c2cccnc2)n1-c1ccccc1C(F)(F)F)Nc1ccc(C(=O)O)cc1. The fourth-order valence-corrected chi connectivity index (χ4v) is 3.94. The molecule has 2 heterocycles. The lowest BCUT2D eigenvalue weighted by atomic mass is 10.1. The molecule has 8 nitrogen and oxygen atoms in total. The molecule has 2 N–H and O–H groups in total. The van der Waals surface area contributed by atoms with E-state index in [1.54, 1.807) is 12.1 Å². The Balaban J connectivity index is 1.63. The number of thioether (sulfide) groups is 1. The zero-order chi connectivity index (χ0) is 25.0. The van der Waals surface area contributed by atoms with Crippen molar-refractivity contribution in [3.8, 4) is 17.1 Å². The Kier molecular flexibility index (Phi) is 6.82. The summed E-state index contributed by atoms with van der Waals surface area (Å²) in [4.78, 5) is 27.4. The van der Waals surface area contributed by atoms with E-state index in [1.165, 1.54) is 59.4 Å². The number of rotatable bonds is 7. The standard InChI is InChI=1S/C23H16F3N5O3S/c24-23(25,26)17-5-1-2-6-18(17)31-20(15-4-3-11-27-12-15)29-30-22(31)35-13-19(32)28-16-9-7-14(8-10-16)21(33)34/h1-12H,13H2,(H,28,32)(H,33,34). The summed E-state index contributed by atoms with van der Waals surface area (Å²) in [6.45, 7) is 0. The molecule has 0 saturated carbocycles. The molecule has 2 aromatic carbocycles. The van der Waals surface area contributed by atoms with E-state index in [9.17, 15) is 22.8 Å². The molecule has 0 aliphatic rings. The Morgan fingerprint density at radius 1 is 1.00 bits per heavy atom. The van der Waals surface area contributed by atoms with Crippen LogP contribution in [0.4, 0.5) is 18.9 Å². The average Bonchev–Trinajstić information content (AvgIpc) is 3.27. The van der Waals surface area contributed by atoms with Gasteiger partial charge < -0.3 is 10.4 Å². The first-order valence-electron chi connectivity index (χ1n) is 10.0. The molecule has 0 aliphatic carbocycles. The number of benzene rings is 2. The first-order valence-corrected chi connectivity index (χ1v) is 11.0. The van der Waals surface area contributed by atoms with Gasteiger partial charge in [-0.3, -0.25) is 14.3 Å². The van der Waals surface area contributed by atoms with E-state index in [0.717, 1.165) is 17.8 Å². The number of alkyl halides is 3. The Hall–Kier alpha value is -4.19. The first kappa shape index (κ1) is 24.0. The van der Waals surface area contributed by atoms with Crippen molar-refractivity contribution in [2.45, 2.75) is 11.3 Å². The Bertz CT molecular complexity index is 1360. The topological polar surface area (TPSA) is 110 Å². The van der Waals surface area contributed by atoms with Crippen LogP contribution in [-0.2, 0) is 11.0 Å². The van der Waals surface area contributed by atoms with Gasteiger partial charge in [-0.05, 0) is 48.5 Å². The summed E-state index contributed by atoms with van der Waals surface area (Å²) in [5.41, 5.74) is -0.171. The minimum Gasteiger partial charge on any atom is -0.478 e. The number of anilines is 1. The summed E-state index contributed by atoms with van der Waals surface area (Å²) in [6.07, 6.45) is -1.65. The minimum atomic E-state index is -4.63. The monoisotopic (exact) mass is 499 g/mol. The number of pyridine rings is 1. The molecular weight excluding hydrogens is 483 g/mol. The summed E-state index contributed by atoms with van der Waals surface area (Å²) in [6, 6.07) is 13.9. The Morgan fingerprint density at radius 2 is 1.74 bits per heavy atom. The first-order chi connectivity index (χ1) is 16.7. The van der Waals surface area contributed by atoms with Crippen molar-refractivity contribution in [1.29, 1.82) is 0 Å². The van der Waals surface area contributed by atoms with Crippen molar-refractivity contribution >= 4 is 29.3 Å². The van der Waals surface area contributed by atoms with Gasteiger partial charge in [0.2, 0.25) is 5.91 Å². The molecule has 4 aromatic rings. The molecule has 2 aromatic heterocycles. The lowest BCUT2D eigenvalue weighted by Gasteiger charge is -2.16. The third-order valence-corrected chi connectivity index (χ3v) is 5.68. The molecule has 35 heavy (non-hydrogen) atoms. The van der Waals surface area contributed by atoms with Gasteiger partial charge in [0.1, 0.15) is 0 Å². The second-order valence-corrected chi connectivity index (χ2v) is 8.06. The van der Waals surface area contributed by atoms with Gasteiger partial charge in [-0.1, -0.05) is 23.9 Å². The van der Waals surface area contributed by atoms with Crippen LogP contribution in [0.3, 0.4) is 0 Å². The van der Waals surface area contributed by atoms with Gasteiger partial charge in [0.15, 0.2) is 11.0 Å². The van der Waals surface area contributed by atoms with Crippen LogP contribution < -0.4 is 5.32 Å². The van der Waals surface area contributed by atoms with E-state index in [1.807, 2.05) is 0 Å². The van der Waals surface area contributed by atoms with Crippen LogP contribution in [0.15, 0.2) is 78.2 Å². The number of para-hydroxylation sites is 1. The van der Waals surface area contributed by atoms with Crippen LogP contribution >= 0.6 is 11.8 Å². The molecule has 4 rings (SSSR count). The third-order valence-electron chi connectivity index (χ3n) is 4.75. The fourth-order valence-electron chi connectivity index (χ4n) is 3.19. The molecule has 1 amide bonds. The number of hydrogen-bond donors (Lipinski definition) is 2. The third kappa shape index (κ3) is 5.49. The van der Waals surface area contributed by atoms with Crippen LogP contribution in [0.1, 0.15) is 15.9 Å². The highest BCUT2D eigenvalue weighted by Gasteiger charge is 2.35. The quantitative estimate of drug-likeness (QED) is 0.352. The predicted octanol–water partition coefficient (Wildman–Crippen LogP) is 4.78. The van der Waals surface area contributed by atoms with Crippen LogP contribution in [0, 0.1) is 0 Å². The van der Waals surface area contributed by atoms with Gasteiger partial charge in [0.25, 0.3) is 0 Å². The number of carboxylic acids is 1. The van der Waals surface area contributed by atoms with Gasteiger partial charge in [0.05, 0.1) is 22.6 Å². The van der Waals surface area contributed by atoms with Gasteiger partial charge in [0, 0.05) is 23.6 Å². The van der Waals surface area contributed by atoms with E-state index < -0.39 is 23.6 Å². The van der Waals surface area contributed by atoms with Crippen LogP contribution in [0.2, 0.25) is 0 Å². The van der Waals surface area contributed by atoms with Gasteiger partial charge in [-0.2, -0.15) is 13.2 Å². The summed E-state index contributed by atoms with van der Waals surface area (Å²) in [7, 11) is 0. The maximum Gasteiger partial charge on any atom is 0.418 e. The number of halogens is 3. The van der Waals surface area contributed by atoms with Crippen molar-refractivity contribution in [2.24, 2.45) is 0 Å². The maximum absolute atomic E-state index is 13.8. The lowest BCUT2D eigenvalue weighted by Crippen LogP contribution is -2.15. The van der Waals surface area contributed by atoms with E-state index >= 15 is 0 Å². The number of carbonyl (C=O) groups is 2. The van der Waals surface area contributed by atoms with Crippen LogP contribution in [0.25, 0.3) is 17.1 Å². The van der Waals surface area contributed by atoms with E-state index in [0.29, 0.717) is 11.3 Å². The molecule has 0 spiro atoms. The predicted molar refractivity (Wildman–Crippen MR) is 122 cm³/mol. The number of aromatic nitrogens is 4. The van der Waals surface area contributed by atoms with Crippen molar-refractivity contribution in [3.05, 3.63) is 84.2 Å². The second-order valence-electron chi connectivity index (χ2n) is 7.12. The summed E-state index contributed by atoms with van der Waals surface area (Å²) < 4.78 is 42.5. The Morgan fingerprint density at radius 3 is 2.40 bits per heavy atom. The molecule has 0 atom stereocenters. The van der Waals surface area contributed by atoms with Crippen molar-refractivity contribution in [2.75, 3.05) is 11.1 Å². The number of hydrogen-bond acceptors (Lipinski definition) is 6. The summed E-state index contributed by atoms with van der Waals surface area (Å²) in [5.74, 6) is -1.59. The second kappa shape index (κ2) is 9.97. The minimum absolute atomic E-state index is 0.0664. The molecule has 0 unspecified atom stereocenters. The van der Waals surface area contributed by atoms with Crippen LogP contribution in [0.5, 0.6) is 0 Å². The molecule has 0 saturated heterocycles. The molecule has 178 valence electrons. The van der Waals surface area contributed by atoms with E-state index in [4.69, 9.17) is 5.11 Å². The fraction of sp³-hybridized carbons (Fsp3) is 0.0870. The average molecular weight is 499 g/mol. The zero-order valence-electron chi connectivity index (χ0n) is 17.7. The van der Waals surface area contributed by atoms with Gasteiger partial charge in [-0.25, -0.2) is 4.79 Å². The highest BCUT2D eigenvalue weighted by atomic mass is 32.2. The number of carbonyl (C=O) groups excluding carboxylic acids is 1. The van der Waals surface area contributed by atoms with Crippen molar-refractivity contribution in [1.82, 2.24) is 19.7 Å². The molecule has 12 heteroatoms. The van der Waals surface area contributed by atoms with E-state index in [2.05, 4.69) is 20.5 Å². The highest BCUT2D eigenvalue weighted by Crippen LogP contribution is 2.37. The largest absolute Gasteiger partial charge is 0.478 e. The number of nitrogens with zero attached hydrogens (tertiary/aromatic N) is 4. The zero-order valence-corrected chi connectivity index (χ0v) is 18.5. The Labute approximate surface area is 200 Å². The smallest absolute Gasteiger partial charge is 0.418 e. The number of amides is 1. The van der Waals surface area contributed by atoms with Gasteiger partial charge in [-0.15, -0.1) is 10.2 Å². The maximum atomic E-state index is 13.8. The number of aromatic carboxylic acids is 1. The van der Waals surface area contributed by atoms with Gasteiger partial charge >= 0.3 is 12.1 Å². The van der Waals surface area contributed by atoms with E-state index in [-0.39, 0.29) is 28.0 Å². The number of nitrogens with one attached hydrogen (secondary N) is 1. The van der Waals surface area contributed by atoms with Crippen LogP contribution in [-0.4, -0.2) is 42.5 Å². The lowest BCUT2D eigenvalue weighted by molar-refractivity contribution is -0.137. The normalized spacial score (nSPS) is 11.3. The van der Waals surface area contributed by atoms with Crippen molar-refractivity contribution in [3.63, 3.8) is 0 Å². The molecular formula is C23H16F3N5O3S. The molecule has 0 bridgehead atoms. The summed E-state index contributed by atoms with van der Waals surface area (Å²) in [5, 5.41) is 19.8. The van der Waals surface area contributed by atoms with Crippen molar-refractivity contribution < 1.29 is 27.9 Å². The molecule has 0 fully saturated rings. The highest BCUT2D eigenvalue weighted by molar-refractivity contribution is 7.99.